The Bertz CT molecular complexity index is 363. The number of hydrogen-bond donors (Lipinski definition) is 2. The molecule has 1 rings (SSSR count). The third-order valence-corrected chi connectivity index (χ3v) is 2.81. The van der Waals surface area contributed by atoms with Gasteiger partial charge in [0, 0.05) is 6.54 Å². The maximum Gasteiger partial charge on any atom is 0.315 e. The topological polar surface area (TPSA) is 41.1 Å². The summed E-state index contributed by atoms with van der Waals surface area (Å²) in [6, 6.07) is 8.18. The van der Waals surface area contributed by atoms with Crippen molar-refractivity contribution in [1.29, 1.82) is 0 Å². The van der Waals surface area contributed by atoms with E-state index in [1.54, 1.807) is 0 Å². The summed E-state index contributed by atoms with van der Waals surface area (Å²) in [7, 11) is 0. The van der Waals surface area contributed by atoms with Crippen LogP contribution in [-0.4, -0.2) is 12.6 Å². The molecule has 0 bridgehead atoms. The van der Waals surface area contributed by atoms with Crippen LogP contribution in [0.1, 0.15) is 43.9 Å². The van der Waals surface area contributed by atoms with Gasteiger partial charge in [0.15, 0.2) is 0 Å². The highest BCUT2D eigenvalue weighted by atomic mass is 16.2. The second kappa shape index (κ2) is 6.94. The molecule has 1 aromatic carbocycles. The molecule has 0 aromatic heterocycles. The van der Waals surface area contributed by atoms with Crippen LogP contribution in [-0.2, 0) is 0 Å². The van der Waals surface area contributed by atoms with Crippen molar-refractivity contribution in [2.24, 2.45) is 0 Å². The van der Waals surface area contributed by atoms with Gasteiger partial charge in [0.05, 0.1) is 6.04 Å². The van der Waals surface area contributed by atoms with E-state index in [4.69, 9.17) is 0 Å². The van der Waals surface area contributed by atoms with Crippen LogP contribution in [0.25, 0.3) is 0 Å². The van der Waals surface area contributed by atoms with Crippen LogP contribution >= 0.6 is 0 Å². The normalized spacial score (nSPS) is 11.9. The second-order valence-electron chi connectivity index (χ2n) is 4.22. The molecule has 0 aliphatic carbocycles. The predicted octanol–water partition coefficient (Wildman–Crippen LogP) is 3.16. The highest BCUT2D eigenvalue weighted by Gasteiger charge is 2.13. The number of aryl methyl sites for hydroxylation is 1. The van der Waals surface area contributed by atoms with E-state index < -0.39 is 0 Å². The highest BCUT2D eigenvalue weighted by Crippen LogP contribution is 2.19. The number of hydrogen-bond acceptors (Lipinski definition) is 1. The Morgan fingerprint density at radius 3 is 2.59 bits per heavy atom. The van der Waals surface area contributed by atoms with Gasteiger partial charge in [-0.15, -0.1) is 0 Å². The first-order valence-electron chi connectivity index (χ1n) is 6.28. The second-order valence-corrected chi connectivity index (χ2v) is 4.22. The summed E-state index contributed by atoms with van der Waals surface area (Å²) in [5.41, 5.74) is 2.41. The molecule has 2 N–H and O–H groups in total. The van der Waals surface area contributed by atoms with Gasteiger partial charge in [-0.05, 0) is 30.9 Å². The van der Waals surface area contributed by atoms with E-state index in [1.165, 1.54) is 11.1 Å². The average molecular weight is 234 g/mol. The lowest BCUT2D eigenvalue weighted by Crippen LogP contribution is -2.38. The van der Waals surface area contributed by atoms with E-state index in [-0.39, 0.29) is 12.1 Å². The Balaban J connectivity index is 2.66. The van der Waals surface area contributed by atoms with Crippen molar-refractivity contribution in [2.75, 3.05) is 6.54 Å². The molecule has 3 nitrogen and oxygen atoms in total. The van der Waals surface area contributed by atoms with Crippen LogP contribution in [0.5, 0.6) is 0 Å². The Kier molecular flexibility index (Phi) is 5.53. The molecule has 2 amide bonds. The van der Waals surface area contributed by atoms with Crippen LogP contribution in [0.15, 0.2) is 24.3 Å². The van der Waals surface area contributed by atoms with Gasteiger partial charge in [0.25, 0.3) is 0 Å². The first-order chi connectivity index (χ1) is 8.19. The lowest BCUT2D eigenvalue weighted by atomic mass is 9.99. The maximum atomic E-state index is 11.6. The third kappa shape index (κ3) is 4.10. The van der Waals surface area contributed by atoms with Gasteiger partial charge in [-0.2, -0.15) is 0 Å². The Morgan fingerprint density at radius 1 is 1.29 bits per heavy atom. The quantitative estimate of drug-likeness (QED) is 0.807. The number of urea groups is 1. The molecule has 1 aromatic rings. The molecule has 3 heteroatoms. The Hall–Kier alpha value is -1.51. The predicted molar refractivity (Wildman–Crippen MR) is 71.0 cm³/mol. The highest BCUT2D eigenvalue weighted by molar-refractivity contribution is 5.74. The SMILES string of the molecule is CCCNC(=O)NC(CC)c1ccccc1C. The molecule has 0 heterocycles. The number of rotatable bonds is 5. The molecular formula is C14H22N2O. The monoisotopic (exact) mass is 234 g/mol. The van der Waals surface area contributed by atoms with Crippen molar-refractivity contribution in [3.63, 3.8) is 0 Å². The van der Waals surface area contributed by atoms with Crippen LogP contribution in [0, 0.1) is 6.92 Å². The summed E-state index contributed by atoms with van der Waals surface area (Å²) < 4.78 is 0. The summed E-state index contributed by atoms with van der Waals surface area (Å²) in [5.74, 6) is 0. The Morgan fingerprint density at radius 2 is 2.00 bits per heavy atom. The first kappa shape index (κ1) is 13.6. The van der Waals surface area contributed by atoms with E-state index in [0.29, 0.717) is 0 Å². The first-order valence-corrected chi connectivity index (χ1v) is 6.28. The van der Waals surface area contributed by atoms with Crippen molar-refractivity contribution in [1.82, 2.24) is 10.6 Å². The van der Waals surface area contributed by atoms with Crippen molar-refractivity contribution in [2.45, 2.75) is 39.7 Å². The summed E-state index contributed by atoms with van der Waals surface area (Å²) in [6.07, 6.45) is 1.85. The van der Waals surface area contributed by atoms with E-state index in [0.717, 1.165) is 19.4 Å². The van der Waals surface area contributed by atoms with Gasteiger partial charge >= 0.3 is 6.03 Å². The molecule has 0 aliphatic rings. The van der Waals surface area contributed by atoms with Crippen LogP contribution in [0.4, 0.5) is 4.79 Å². The standard InChI is InChI=1S/C14H22N2O/c1-4-10-15-14(17)16-13(5-2)12-9-7-6-8-11(12)3/h6-9,13H,4-5,10H2,1-3H3,(H2,15,16,17). The van der Waals surface area contributed by atoms with Gasteiger partial charge < -0.3 is 10.6 Å². The summed E-state index contributed by atoms with van der Waals surface area (Å²) in [5, 5.41) is 5.84. The summed E-state index contributed by atoms with van der Waals surface area (Å²) in [6.45, 7) is 6.91. The Labute approximate surface area is 104 Å². The van der Waals surface area contributed by atoms with E-state index in [1.807, 2.05) is 19.1 Å². The van der Waals surface area contributed by atoms with E-state index >= 15 is 0 Å². The van der Waals surface area contributed by atoms with Gasteiger partial charge in [-0.1, -0.05) is 38.1 Å². The van der Waals surface area contributed by atoms with Gasteiger partial charge in [0.1, 0.15) is 0 Å². The number of nitrogens with one attached hydrogen (secondary N) is 2. The van der Waals surface area contributed by atoms with Crippen LogP contribution < -0.4 is 10.6 Å². The molecule has 0 fully saturated rings. The fraction of sp³-hybridized carbons (Fsp3) is 0.500. The van der Waals surface area contributed by atoms with Gasteiger partial charge in [-0.25, -0.2) is 4.79 Å². The van der Waals surface area contributed by atoms with Crippen molar-refractivity contribution in [3.05, 3.63) is 35.4 Å². The zero-order chi connectivity index (χ0) is 12.7. The largest absolute Gasteiger partial charge is 0.338 e. The van der Waals surface area contributed by atoms with E-state index in [9.17, 15) is 4.79 Å². The minimum absolute atomic E-state index is 0.0815. The molecule has 0 radical (unpaired) electrons. The third-order valence-electron chi connectivity index (χ3n) is 2.81. The molecule has 0 aliphatic heterocycles. The fourth-order valence-electron chi connectivity index (χ4n) is 1.83. The average Bonchev–Trinajstić information content (AvgIpc) is 2.34. The lowest BCUT2D eigenvalue weighted by molar-refractivity contribution is 0.236. The van der Waals surface area contributed by atoms with Crippen molar-refractivity contribution < 1.29 is 4.79 Å². The zero-order valence-electron chi connectivity index (χ0n) is 10.9. The van der Waals surface area contributed by atoms with Gasteiger partial charge in [0.2, 0.25) is 0 Å². The zero-order valence-corrected chi connectivity index (χ0v) is 10.9. The van der Waals surface area contributed by atoms with Gasteiger partial charge in [-0.3, -0.25) is 0 Å². The van der Waals surface area contributed by atoms with E-state index in [2.05, 4.69) is 36.6 Å². The minimum Gasteiger partial charge on any atom is -0.338 e. The molecule has 0 spiro atoms. The number of carbonyl (C=O) groups is 1. The number of amides is 2. The molecule has 94 valence electrons. The molecular weight excluding hydrogens is 212 g/mol. The smallest absolute Gasteiger partial charge is 0.315 e. The van der Waals surface area contributed by atoms with Crippen molar-refractivity contribution in [3.8, 4) is 0 Å². The molecule has 0 saturated carbocycles. The minimum atomic E-state index is -0.0815. The summed E-state index contributed by atoms with van der Waals surface area (Å²) in [4.78, 5) is 11.6. The number of benzene rings is 1. The maximum absolute atomic E-state index is 11.6. The molecule has 1 atom stereocenters. The van der Waals surface area contributed by atoms with Crippen LogP contribution in [0.2, 0.25) is 0 Å². The fourth-order valence-corrected chi connectivity index (χ4v) is 1.83. The molecule has 1 unspecified atom stereocenters. The molecule has 0 saturated heterocycles. The van der Waals surface area contributed by atoms with Crippen molar-refractivity contribution >= 4 is 6.03 Å². The molecule has 17 heavy (non-hydrogen) atoms. The summed E-state index contributed by atoms with van der Waals surface area (Å²) >= 11 is 0. The lowest BCUT2D eigenvalue weighted by Gasteiger charge is -2.19. The number of carbonyl (C=O) groups excluding carboxylic acids is 1. The van der Waals surface area contributed by atoms with Crippen LogP contribution in [0.3, 0.4) is 0 Å².